The fraction of sp³-hybridized carbons (Fsp3) is 0. The zero-order chi connectivity index (χ0) is 32.8. The normalized spacial score (nSPS) is 12.0. The molecule has 0 aliphatic heterocycles. The van der Waals surface area contributed by atoms with Crippen LogP contribution in [0.1, 0.15) is 0 Å². The van der Waals surface area contributed by atoms with Crippen molar-refractivity contribution in [2.75, 3.05) is 0 Å². The topological polar surface area (TPSA) is 43.9 Å². The molecule has 0 spiro atoms. The predicted molar refractivity (Wildman–Crippen MR) is 207 cm³/mol. The van der Waals surface area contributed by atoms with Crippen molar-refractivity contribution in [1.82, 2.24) is 14.5 Å². The Bertz CT molecular complexity index is 3150. The van der Waals surface area contributed by atoms with Gasteiger partial charge in [-0.2, -0.15) is 0 Å². The lowest BCUT2D eigenvalue weighted by Gasteiger charge is -2.13. The summed E-state index contributed by atoms with van der Waals surface area (Å²) in [5, 5.41) is 10.3. The Hall–Kier alpha value is -6.78. The first-order chi connectivity index (χ1) is 24.8. The maximum absolute atomic E-state index is 6.89. The summed E-state index contributed by atoms with van der Waals surface area (Å²) in [5.74, 6) is 0.717. The quantitative estimate of drug-likeness (QED) is 0.194. The van der Waals surface area contributed by atoms with Crippen LogP contribution in [0.3, 0.4) is 0 Å². The molecule has 0 fully saturated rings. The average Bonchev–Trinajstić information content (AvgIpc) is 3.75. The van der Waals surface area contributed by atoms with E-state index in [1.54, 1.807) is 0 Å². The highest BCUT2D eigenvalue weighted by Gasteiger charge is 2.23. The number of hydrogen-bond donors (Lipinski definition) is 0. The van der Waals surface area contributed by atoms with E-state index in [1.165, 1.54) is 21.7 Å². The van der Waals surface area contributed by atoms with E-state index < -0.39 is 0 Å². The lowest BCUT2D eigenvalue weighted by molar-refractivity contribution is 0.676. The van der Waals surface area contributed by atoms with Gasteiger partial charge < -0.3 is 8.98 Å². The number of hydrogen-bond acceptors (Lipinski definition) is 3. The van der Waals surface area contributed by atoms with Crippen LogP contribution in [0.5, 0.6) is 0 Å². The zero-order valence-corrected chi connectivity index (χ0v) is 26.8. The minimum atomic E-state index is 0.717. The van der Waals surface area contributed by atoms with E-state index in [9.17, 15) is 0 Å². The van der Waals surface area contributed by atoms with Crippen LogP contribution in [0.4, 0.5) is 0 Å². The van der Waals surface area contributed by atoms with Gasteiger partial charge in [0.2, 0.25) is 0 Å². The van der Waals surface area contributed by atoms with Crippen molar-refractivity contribution < 1.29 is 4.42 Å². The highest BCUT2D eigenvalue weighted by atomic mass is 16.3. The van der Waals surface area contributed by atoms with E-state index in [0.717, 1.165) is 77.0 Å². The van der Waals surface area contributed by atoms with Crippen LogP contribution in [-0.2, 0) is 0 Å². The molecule has 0 saturated heterocycles. The second kappa shape index (κ2) is 10.4. The monoisotopic (exact) mass is 637 g/mol. The second-order valence-electron chi connectivity index (χ2n) is 12.9. The molecule has 0 radical (unpaired) electrons. The Balaban J connectivity index is 1.25. The van der Waals surface area contributed by atoms with Crippen LogP contribution in [0.15, 0.2) is 168 Å². The predicted octanol–water partition coefficient (Wildman–Crippen LogP) is 12.3. The molecule has 4 heteroatoms. The summed E-state index contributed by atoms with van der Waals surface area (Å²) >= 11 is 0. The standard InChI is InChI=1S/C46H27N3O/c1-2-14-29(15-3-1)46-47-38-23-10-8-21-35(38)42(48-46)30-16-12-17-31(27-30)49-39-24-11-9-22-36(39)40-41-37-26-25-28-13-4-5-18-32(28)44(37)50-45(41)34-20-7-6-19-33(34)43(40)49/h1-27H. The minimum absolute atomic E-state index is 0.717. The van der Waals surface area contributed by atoms with E-state index in [0.29, 0.717) is 5.82 Å². The molecule has 0 amide bonds. The van der Waals surface area contributed by atoms with Crippen molar-refractivity contribution in [1.29, 1.82) is 0 Å². The first-order valence-electron chi connectivity index (χ1n) is 16.9. The van der Waals surface area contributed by atoms with Crippen molar-refractivity contribution in [3.8, 4) is 28.3 Å². The molecule has 0 unspecified atom stereocenters. The van der Waals surface area contributed by atoms with Gasteiger partial charge in [-0.1, -0.05) is 133 Å². The highest BCUT2D eigenvalue weighted by molar-refractivity contribution is 6.37. The fourth-order valence-corrected chi connectivity index (χ4v) is 7.97. The van der Waals surface area contributed by atoms with Crippen molar-refractivity contribution in [2.24, 2.45) is 0 Å². The summed E-state index contributed by atoms with van der Waals surface area (Å²) in [5.41, 5.74) is 9.11. The van der Waals surface area contributed by atoms with E-state index in [1.807, 2.05) is 24.3 Å². The Labute approximate surface area is 286 Å². The largest absolute Gasteiger partial charge is 0.455 e. The Morgan fingerprint density at radius 2 is 1.14 bits per heavy atom. The zero-order valence-electron chi connectivity index (χ0n) is 26.8. The molecule has 4 nitrogen and oxygen atoms in total. The number of furan rings is 1. The Morgan fingerprint density at radius 3 is 2.02 bits per heavy atom. The van der Waals surface area contributed by atoms with Crippen LogP contribution in [0.25, 0.3) is 105 Å². The summed E-state index contributed by atoms with van der Waals surface area (Å²) in [4.78, 5) is 10.2. The Morgan fingerprint density at radius 1 is 0.440 bits per heavy atom. The van der Waals surface area contributed by atoms with Gasteiger partial charge in [0.05, 0.1) is 22.2 Å². The van der Waals surface area contributed by atoms with Gasteiger partial charge in [-0.3, -0.25) is 0 Å². The molecule has 0 bridgehead atoms. The van der Waals surface area contributed by atoms with Gasteiger partial charge >= 0.3 is 0 Å². The lowest BCUT2D eigenvalue weighted by Crippen LogP contribution is -1.98. The molecule has 50 heavy (non-hydrogen) atoms. The van der Waals surface area contributed by atoms with Crippen molar-refractivity contribution in [2.45, 2.75) is 0 Å². The number of para-hydroxylation sites is 2. The number of benzene rings is 8. The third kappa shape index (κ3) is 3.81. The third-order valence-electron chi connectivity index (χ3n) is 10.1. The summed E-state index contributed by atoms with van der Waals surface area (Å²) < 4.78 is 9.32. The summed E-state index contributed by atoms with van der Waals surface area (Å²) in [6, 6.07) is 57.6. The Kier molecular flexibility index (Phi) is 5.63. The fourth-order valence-electron chi connectivity index (χ4n) is 7.97. The maximum Gasteiger partial charge on any atom is 0.160 e. The maximum atomic E-state index is 6.89. The molecular weight excluding hydrogens is 611 g/mol. The molecule has 11 rings (SSSR count). The average molecular weight is 638 g/mol. The lowest BCUT2D eigenvalue weighted by atomic mass is 9.98. The van der Waals surface area contributed by atoms with Crippen LogP contribution >= 0.6 is 0 Å². The third-order valence-corrected chi connectivity index (χ3v) is 10.1. The van der Waals surface area contributed by atoms with E-state index in [-0.39, 0.29) is 0 Å². The summed E-state index contributed by atoms with van der Waals surface area (Å²) in [6.45, 7) is 0. The summed E-state index contributed by atoms with van der Waals surface area (Å²) in [6.07, 6.45) is 0. The molecule has 232 valence electrons. The van der Waals surface area contributed by atoms with Crippen LogP contribution in [0, 0.1) is 0 Å². The van der Waals surface area contributed by atoms with Gasteiger partial charge in [-0.25, -0.2) is 9.97 Å². The SMILES string of the molecule is c1ccc(-c2nc(-c3cccc(-n4c5ccccc5c5c6c7ccc8ccccc8c7oc6c6ccccc6c54)c3)c3ccccc3n2)cc1. The number of aromatic nitrogens is 3. The van der Waals surface area contributed by atoms with Crippen LogP contribution in [-0.4, -0.2) is 14.5 Å². The van der Waals surface area contributed by atoms with Gasteiger partial charge in [-0.05, 0) is 35.7 Å². The molecule has 0 N–H and O–H groups in total. The van der Waals surface area contributed by atoms with Gasteiger partial charge in [-0.15, -0.1) is 0 Å². The first kappa shape index (κ1) is 27.2. The van der Waals surface area contributed by atoms with Gasteiger partial charge in [0.1, 0.15) is 11.2 Å². The minimum Gasteiger partial charge on any atom is -0.455 e. The smallest absolute Gasteiger partial charge is 0.160 e. The number of fused-ring (bicyclic) bond motifs is 13. The summed E-state index contributed by atoms with van der Waals surface area (Å²) in [7, 11) is 0. The van der Waals surface area contributed by atoms with E-state index >= 15 is 0 Å². The molecule has 0 aliphatic carbocycles. The van der Waals surface area contributed by atoms with Gasteiger partial charge in [0.15, 0.2) is 5.82 Å². The molecule has 0 atom stereocenters. The molecule has 0 saturated carbocycles. The first-order valence-corrected chi connectivity index (χ1v) is 16.9. The molecule has 0 aliphatic rings. The second-order valence-corrected chi connectivity index (χ2v) is 12.9. The molecule has 3 heterocycles. The van der Waals surface area contributed by atoms with E-state index in [2.05, 4.69) is 144 Å². The van der Waals surface area contributed by atoms with Gasteiger partial charge in [0, 0.05) is 59.9 Å². The van der Waals surface area contributed by atoms with Crippen molar-refractivity contribution >= 4 is 76.2 Å². The highest BCUT2D eigenvalue weighted by Crippen LogP contribution is 2.47. The van der Waals surface area contributed by atoms with Crippen LogP contribution in [0.2, 0.25) is 0 Å². The molecule has 3 aromatic heterocycles. The molecular formula is C46H27N3O. The van der Waals surface area contributed by atoms with Crippen molar-refractivity contribution in [3.63, 3.8) is 0 Å². The number of rotatable bonds is 3. The molecule has 11 aromatic rings. The van der Waals surface area contributed by atoms with Crippen LogP contribution < -0.4 is 0 Å². The number of nitrogens with zero attached hydrogens (tertiary/aromatic N) is 3. The van der Waals surface area contributed by atoms with E-state index in [4.69, 9.17) is 14.4 Å². The van der Waals surface area contributed by atoms with Crippen molar-refractivity contribution in [3.05, 3.63) is 164 Å². The molecule has 8 aromatic carbocycles. The van der Waals surface area contributed by atoms with Gasteiger partial charge in [0.25, 0.3) is 0 Å².